The van der Waals surface area contributed by atoms with Crippen LogP contribution in [0.3, 0.4) is 0 Å². The molecule has 2 rings (SSSR count). The Labute approximate surface area is 127 Å². The minimum Gasteiger partial charge on any atom is -0.310 e. The molecule has 1 aromatic heterocycles. The number of hydrogen-bond acceptors (Lipinski definition) is 3. The van der Waals surface area contributed by atoms with E-state index in [-0.39, 0.29) is 0 Å². The molecule has 0 amide bonds. The van der Waals surface area contributed by atoms with E-state index in [0.717, 1.165) is 16.0 Å². The molecule has 1 unspecified atom stereocenters. The second kappa shape index (κ2) is 7.08. The van der Waals surface area contributed by atoms with E-state index in [0.29, 0.717) is 6.04 Å². The number of benzene rings is 1. The van der Waals surface area contributed by atoms with Crippen molar-refractivity contribution in [3.8, 4) is 0 Å². The van der Waals surface area contributed by atoms with Crippen LogP contribution in [0, 0.1) is 0 Å². The summed E-state index contributed by atoms with van der Waals surface area (Å²) in [6, 6.07) is 12.8. The van der Waals surface area contributed by atoms with Crippen LogP contribution in [0.4, 0.5) is 0 Å². The second-order valence-electron chi connectivity index (χ2n) is 4.23. The summed E-state index contributed by atoms with van der Waals surface area (Å²) in [5.41, 5.74) is 1.25. The Kier molecular flexibility index (Phi) is 5.43. The number of pyridine rings is 1. The predicted octanol–water partition coefficient (Wildman–Crippen LogP) is 4.67. The molecule has 19 heavy (non-hydrogen) atoms. The molecule has 0 aliphatic rings. The lowest BCUT2D eigenvalue weighted by molar-refractivity contribution is 0.585. The zero-order chi connectivity index (χ0) is 13.7. The third-order valence-electron chi connectivity index (χ3n) is 2.81. The van der Waals surface area contributed by atoms with Gasteiger partial charge < -0.3 is 5.32 Å². The molecular formula is C15H17BrN2S. The summed E-state index contributed by atoms with van der Waals surface area (Å²) < 4.78 is 1.10. The van der Waals surface area contributed by atoms with E-state index in [2.05, 4.69) is 70.4 Å². The summed E-state index contributed by atoms with van der Waals surface area (Å²) in [6.45, 7) is 5.25. The summed E-state index contributed by atoms with van der Waals surface area (Å²) in [5.74, 6) is 0. The predicted molar refractivity (Wildman–Crippen MR) is 84.6 cm³/mol. The molecule has 1 N–H and O–H groups in total. The van der Waals surface area contributed by atoms with E-state index in [9.17, 15) is 0 Å². The minimum absolute atomic E-state index is 0.316. The Morgan fingerprint density at radius 1 is 1.26 bits per heavy atom. The van der Waals surface area contributed by atoms with Crippen molar-refractivity contribution in [3.63, 3.8) is 0 Å². The SMILES string of the molecule is CCNC(C)c1cccnc1Sc1ccc(Br)cc1. The van der Waals surface area contributed by atoms with Gasteiger partial charge in [0.25, 0.3) is 0 Å². The fraction of sp³-hybridized carbons (Fsp3) is 0.267. The van der Waals surface area contributed by atoms with Gasteiger partial charge in [0.2, 0.25) is 0 Å². The molecule has 4 heteroatoms. The zero-order valence-electron chi connectivity index (χ0n) is 11.1. The quantitative estimate of drug-likeness (QED) is 0.858. The fourth-order valence-electron chi connectivity index (χ4n) is 1.85. The third-order valence-corrected chi connectivity index (χ3v) is 4.38. The van der Waals surface area contributed by atoms with Gasteiger partial charge >= 0.3 is 0 Å². The first-order chi connectivity index (χ1) is 9.20. The first-order valence-electron chi connectivity index (χ1n) is 6.32. The van der Waals surface area contributed by atoms with Crippen LogP contribution in [0.1, 0.15) is 25.5 Å². The maximum Gasteiger partial charge on any atom is 0.105 e. The normalized spacial score (nSPS) is 12.4. The Morgan fingerprint density at radius 3 is 2.68 bits per heavy atom. The average molecular weight is 337 g/mol. The zero-order valence-corrected chi connectivity index (χ0v) is 13.5. The molecule has 1 atom stereocenters. The van der Waals surface area contributed by atoms with E-state index in [1.54, 1.807) is 11.8 Å². The summed E-state index contributed by atoms with van der Waals surface area (Å²) >= 11 is 5.16. The van der Waals surface area contributed by atoms with Gasteiger partial charge in [0.05, 0.1) is 0 Å². The van der Waals surface area contributed by atoms with Gasteiger partial charge in [0, 0.05) is 27.2 Å². The highest BCUT2D eigenvalue weighted by Crippen LogP contribution is 2.32. The van der Waals surface area contributed by atoms with Crippen LogP contribution < -0.4 is 5.32 Å². The molecule has 100 valence electrons. The minimum atomic E-state index is 0.316. The van der Waals surface area contributed by atoms with Gasteiger partial charge in [-0.25, -0.2) is 4.98 Å². The van der Waals surface area contributed by atoms with Gasteiger partial charge in [-0.3, -0.25) is 0 Å². The largest absolute Gasteiger partial charge is 0.310 e. The first-order valence-corrected chi connectivity index (χ1v) is 7.93. The maximum absolute atomic E-state index is 4.51. The first kappa shape index (κ1) is 14.6. The molecule has 0 radical (unpaired) electrons. The second-order valence-corrected chi connectivity index (χ2v) is 6.21. The van der Waals surface area contributed by atoms with E-state index in [1.165, 1.54) is 10.5 Å². The van der Waals surface area contributed by atoms with Crippen molar-refractivity contribution in [1.29, 1.82) is 0 Å². The number of nitrogens with zero attached hydrogens (tertiary/aromatic N) is 1. The molecule has 0 spiro atoms. The summed E-state index contributed by atoms with van der Waals surface area (Å²) in [7, 11) is 0. The number of rotatable bonds is 5. The van der Waals surface area contributed by atoms with Crippen molar-refractivity contribution >= 4 is 27.7 Å². The summed E-state index contributed by atoms with van der Waals surface area (Å²) in [6.07, 6.45) is 1.85. The van der Waals surface area contributed by atoms with Crippen molar-refractivity contribution in [3.05, 3.63) is 52.6 Å². The molecule has 0 bridgehead atoms. The molecule has 0 saturated carbocycles. The lowest BCUT2D eigenvalue weighted by Crippen LogP contribution is -2.18. The number of nitrogens with one attached hydrogen (secondary N) is 1. The van der Waals surface area contributed by atoms with Crippen LogP contribution in [-0.2, 0) is 0 Å². The Balaban J connectivity index is 2.22. The molecule has 1 heterocycles. The Hall–Kier alpha value is -0.840. The lowest BCUT2D eigenvalue weighted by Gasteiger charge is -2.15. The van der Waals surface area contributed by atoms with Crippen LogP contribution in [0.25, 0.3) is 0 Å². The van der Waals surface area contributed by atoms with Crippen LogP contribution >= 0.6 is 27.7 Å². The van der Waals surface area contributed by atoms with E-state index in [4.69, 9.17) is 0 Å². The third kappa shape index (κ3) is 4.06. The van der Waals surface area contributed by atoms with Gasteiger partial charge in [0.15, 0.2) is 0 Å². The highest BCUT2D eigenvalue weighted by Gasteiger charge is 2.11. The lowest BCUT2D eigenvalue weighted by atomic mass is 10.1. The average Bonchev–Trinajstić information content (AvgIpc) is 2.42. The molecule has 2 aromatic rings. The van der Waals surface area contributed by atoms with Gasteiger partial charge in [-0.05, 0) is 43.8 Å². The van der Waals surface area contributed by atoms with Gasteiger partial charge in [-0.1, -0.05) is 40.7 Å². The topological polar surface area (TPSA) is 24.9 Å². The van der Waals surface area contributed by atoms with Crippen molar-refractivity contribution in [2.24, 2.45) is 0 Å². The molecule has 0 aliphatic carbocycles. The van der Waals surface area contributed by atoms with E-state index >= 15 is 0 Å². The van der Waals surface area contributed by atoms with Gasteiger partial charge in [0.1, 0.15) is 5.03 Å². The van der Waals surface area contributed by atoms with Crippen LogP contribution in [0.2, 0.25) is 0 Å². The molecule has 1 aromatic carbocycles. The van der Waals surface area contributed by atoms with Crippen molar-refractivity contribution in [1.82, 2.24) is 10.3 Å². The number of aromatic nitrogens is 1. The maximum atomic E-state index is 4.51. The fourth-order valence-corrected chi connectivity index (χ4v) is 3.08. The van der Waals surface area contributed by atoms with Crippen LogP contribution in [0.15, 0.2) is 57.0 Å². The highest BCUT2D eigenvalue weighted by atomic mass is 79.9. The standard InChI is InChI=1S/C15H17BrN2S/c1-3-17-11(2)14-5-4-10-18-15(14)19-13-8-6-12(16)7-9-13/h4-11,17H,3H2,1-2H3. The Bertz CT molecular complexity index is 528. The monoisotopic (exact) mass is 336 g/mol. The van der Waals surface area contributed by atoms with Crippen LogP contribution in [0.5, 0.6) is 0 Å². The van der Waals surface area contributed by atoms with E-state index < -0.39 is 0 Å². The van der Waals surface area contributed by atoms with E-state index in [1.807, 2.05) is 12.3 Å². The molecule has 2 nitrogen and oxygen atoms in total. The molecule has 0 saturated heterocycles. The van der Waals surface area contributed by atoms with Crippen molar-refractivity contribution in [2.45, 2.75) is 29.8 Å². The molecule has 0 aliphatic heterocycles. The van der Waals surface area contributed by atoms with Gasteiger partial charge in [-0.15, -0.1) is 0 Å². The van der Waals surface area contributed by atoms with Crippen LogP contribution in [-0.4, -0.2) is 11.5 Å². The number of halogens is 1. The highest BCUT2D eigenvalue weighted by molar-refractivity contribution is 9.10. The Morgan fingerprint density at radius 2 is 2.00 bits per heavy atom. The van der Waals surface area contributed by atoms with Crippen molar-refractivity contribution < 1.29 is 0 Å². The van der Waals surface area contributed by atoms with Gasteiger partial charge in [-0.2, -0.15) is 0 Å². The smallest absolute Gasteiger partial charge is 0.105 e. The van der Waals surface area contributed by atoms with Crippen molar-refractivity contribution in [2.75, 3.05) is 6.54 Å². The number of hydrogen-bond donors (Lipinski definition) is 1. The summed E-state index contributed by atoms with van der Waals surface area (Å²) in [4.78, 5) is 5.71. The summed E-state index contributed by atoms with van der Waals surface area (Å²) in [5, 5.41) is 4.50. The molecule has 0 fully saturated rings. The molecular weight excluding hydrogens is 320 g/mol.